The van der Waals surface area contributed by atoms with Gasteiger partial charge >= 0.3 is 0 Å². The average molecular weight is 395 g/mol. The summed E-state index contributed by atoms with van der Waals surface area (Å²) in [4.78, 5) is 19.1. The molecule has 1 aromatic heterocycles. The van der Waals surface area contributed by atoms with Gasteiger partial charge in [0.05, 0.1) is 6.54 Å². The van der Waals surface area contributed by atoms with E-state index in [1.807, 2.05) is 25.1 Å². The maximum absolute atomic E-state index is 12.4. The molecule has 0 aliphatic carbocycles. The topological polar surface area (TPSA) is 57.3 Å². The minimum Gasteiger partial charge on any atom is -0.370 e. The third kappa shape index (κ3) is 6.29. The Morgan fingerprint density at radius 3 is 2.66 bits per heavy atom. The standard InChI is InChI=1S/C24H34N4O/c1-17-12-18(2)22(19(3)13-17)8-10-25-24(29)16-28-11-9-21(15-28)14-26-23-7-5-6-20(4)27-23/h5-7,12-13,21H,8-11,14-16H2,1-4H3,(H,25,29)(H,26,27). The van der Waals surface area contributed by atoms with Crippen LogP contribution in [0.25, 0.3) is 0 Å². The lowest BCUT2D eigenvalue weighted by atomic mass is 9.97. The van der Waals surface area contributed by atoms with Gasteiger partial charge in [0.1, 0.15) is 5.82 Å². The zero-order valence-corrected chi connectivity index (χ0v) is 18.2. The molecule has 2 N–H and O–H groups in total. The van der Waals surface area contributed by atoms with Crippen molar-refractivity contribution in [1.82, 2.24) is 15.2 Å². The minimum atomic E-state index is 0.126. The third-order valence-electron chi connectivity index (χ3n) is 5.73. The predicted octanol–water partition coefficient (Wildman–Crippen LogP) is 3.41. The van der Waals surface area contributed by atoms with Crippen LogP contribution in [0, 0.1) is 33.6 Å². The number of amides is 1. The van der Waals surface area contributed by atoms with Gasteiger partial charge in [0, 0.05) is 25.3 Å². The Balaban J connectivity index is 1.37. The van der Waals surface area contributed by atoms with Gasteiger partial charge in [0.15, 0.2) is 0 Å². The van der Waals surface area contributed by atoms with Crippen LogP contribution in [0.5, 0.6) is 0 Å². The van der Waals surface area contributed by atoms with E-state index in [1.165, 1.54) is 22.3 Å². The van der Waals surface area contributed by atoms with Gasteiger partial charge in [-0.1, -0.05) is 23.8 Å². The highest BCUT2D eigenvalue weighted by molar-refractivity contribution is 5.78. The van der Waals surface area contributed by atoms with Crippen molar-refractivity contribution in [2.45, 2.75) is 40.5 Å². The van der Waals surface area contributed by atoms with Crippen LogP contribution in [0.3, 0.4) is 0 Å². The number of aromatic nitrogens is 1. The number of likely N-dealkylation sites (tertiary alicyclic amines) is 1. The summed E-state index contributed by atoms with van der Waals surface area (Å²) in [6.07, 6.45) is 2.01. The van der Waals surface area contributed by atoms with Gasteiger partial charge in [-0.2, -0.15) is 0 Å². The molecule has 5 nitrogen and oxygen atoms in total. The Morgan fingerprint density at radius 1 is 1.17 bits per heavy atom. The van der Waals surface area contributed by atoms with Gasteiger partial charge in [-0.25, -0.2) is 4.98 Å². The fourth-order valence-electron chi connectivity index (χ4n) is 4.30. The minimum absolute atomic E-state index is 0.126. The molecule has 5 heteroatoms. The number of carbonyl (C=O) groups is 1. The van der Waals surface area contributed by atoms with Gasteiger partial charge in [0.2, 0.25) is 5.91 Å². The van der Waals surface area contributed by atoms with Crippen molar-refractivity contribution in [3.63, 3.8) is 0 Å². The van der Waals surface area contributed by atoms with E-state index in [0.29, 0.717) is 19.0 Å². The molecule has 3 rings (SSSR count). The molecule has 2 heterocycles. The van der Waals surface area contributed by atoms with Gasteiger partial charge in [0.25, 0.3) is 0 Å². The number of aryl methyl sites for hydroxylation is 4. The van der Waals surface area contributed by atoms with E-state index < -0.39 is 0 Å². The summed E-state index contributed by atoms with van der Waals surface area (Å²) in [6, 6.07) is 10.5. The van der Waals surface area contributed by atoms with Crippen LogP contribution in [0.4, 0.5) is 5.82 Å². The number of hydrogen-bond donors (Lipinski definition) is 2. The van der Waals surface area contributed by atoms with Crippen LogP contribution >= 0.6 is 0 Å². The molecule has 1 fully saturated rings. The van der Waals surface area contributed by atoms with Gasteiger partial charge in [-0.3, -0.25) is 9.69 Å². The molecule has 1 aliphatic heterocycles. The first-order chi connectivity index (χ1) is 13.9. The number of pyridine rings is 1. The Bertz CT molecular complexity index is 826. The van der Waals surface area contributed by atoms with Crippen molar-refractivity contribution in [3.05, 3.63) is 58.3 Å². The zero-order valence-electron chi connectivity index (χ0n) is 18.2. The molecular weight excluding hydrogens is 360 g/mol. The van der Waals surface area contributed by atoms with E-state index in [2.05, 4.69) is 53.4 Å². The summed E-state index contributed by atoms with van der Waals surface area (Å²) < 4.78 is 0. The molecule has 0 radical (unpaired) electrons. The van der Waals surface area contributed by atoms with Crippen molar-refractivity contribution in [2.24, 2.45) is 5.92 Å². The molecule has 0 saturated carbocycles. The predicted molar refractivity (Wildman–Crippen MR) is 119 cm³/mol. The molecule has 1 aliphatic rings. The average Bonchev–Trinajstić information content (AvgIpc) is 3.09. The summed E-state index contributed by atoms with van der Waals surface area (Å²) in [5, 5.41) is 6.53. The number of rotatable bonds is 8. The Hall–Kier alpha value is -2.40. The van der Waals surface area contributed by atoms with Crippen molar-refractivity contribution >= 4 is 11.7 Å². The monoisotopic (exact) mass is 394 g/mol. The fraction of sp³-hybridized carbons (Fsp3) is 0.500. The normalized spacial score (nSPS) is 16.8. The van der Waals surface area contributed by atoms with E-state index in [-0.39, 0.29) is 5.91 Å². The summed E-state index contributed by atoms with van der Waals surface area (Å²) in [7, 11) is 0. The SMILES string of the molecule is Cc1cc(C)c(CCNC(=O)CN2CCC(CNc3cccc(C)n3)C2)c(C)c1. The molecular formula is C24H34N4O. The first kappa shape index (κ1) is 21.3. The van der Waals surface area contributed by atoms with Gasteiger partial charge in [-0.05, 0) is 81.8 Å². The lowest BCUT2D eigenvalue weighted by Gasteiger charge is -2.17. The summed E-state index contributed by atoms with van der Waals surface area (Å²) in [5.74, 6) is 1.62. The highest BCUT2D eigenvalue weighted by Gasteiger charge is 2.23. The van der Waals surface area contributed by atoms with Crippen LogP contribution in [0.2, 0.25) is 0 Å². The van der Waals surface area contributed by atoms with Gasteiger partial charge < -0.3 is 10.6 Å². The highest BCUT2D eigenvalue weighted by Crippen LogP contribution is 2.18. The van der Waals surface area contributed by atoms with Crippen molar-refractivity contribution in [1.29, 1.82) is 0 Å². The number of anilines is 1. The van der Waals surface area contributed by atoms with E-state index in [4.69, 9.17) is 0 Å². The molecule has 29 heavy (non-hydrogen) atoms. The maximum atomic E-state index is 12.4. The quantitative estimate of drug-likeness (QED) is 0.720. The Kier molecular flexibility index (Phi) is 7.26. The lowest BCUT2D eigenvalue weighted by molar-refractivity contribution is -0.122. The van der Waals surface area contributed by atoms with Crippen molar-refractivity contribution in [2.75, 3.05) is 38.0 Å². The molecule has 156 valence electrons. The van der Waals surface area contributed by atoms with E-state index in [9.17, 15) is 4.79 Å². The zero-order chi connectivity index (χ0) is 20.8. The smallest absolute Gasteiger partial charge is 0.234 e. The number of benzene rings is 1. The van der Waals surface area contributed by atoms with Crippen molar-refractivity contribution < 1.29 is 4.79 Å². The van der Waals surface area contributed by atoms with Crippen LogP contribution < -0.4 is 10.6 Å². The Morgan fingerprint density at radius 2 is 1.93 bits per heavy atom. The molecule has 1 aromatic carbocycles. The number of nitrogens with one attached hydrogen (secondary N) is 2. The second-order valence-electron chi connectivity index (χ2n) is 8.41. The molecule has 2 aromatic rings. The van der Waals surface area contributed by atoms with E-state index in [0.717, 1.165) is 44.0 Å². The van der Waals surface area contributed by atoms with E-state index in [1.54, 1.807) is 0 Å². The molecule has 1 atom stereocenters. The van der Waals surface area contributed by atoms with Crippen LogP contribution in [-0.4, -0.2) is 48.5 Å². The van der Waals surface area contributed by atoms with Crippen LogP contribution in [-0.2, 0) is 11.2 Å². The first-order valence-electron chi connectivity index (χ1n) is 10.6. The molecule has 1 amide bonds. The molecule has 1 saturated heterocycles. The molecule has 0 spiro atoms. The Labute approximate surface area is 174 Å². The van der Waals surface area contributed by atoms with E-state index >= 15 is 0 Å². The molecule has 1 unspecified atom stereocenters. The summed E-state index contributed by atoms with van der Waals surface area (Å²) in [6.45, 7) is 12.5. The first-order valence-corrected chi connectivity index (χ1v) is 10.6. The largest absolute Gasteiger partial charge is 0.370 e. The van der Waals surface area contributed by atoms with Crippen LogP contribution in [0.1, 0.15) is 34.4 Å². The summed E-state index contributed by atoms with van der Waals surface area (Å²) >= 11 is 0. The van der Waals surface area contributed by atoms with Crippen LogP contribution in [0.15, 0.2) is 30.3 Å². The number of nitrogens with zero attached hydrogens (tertiary/aromatic N) is 2. The number of hydrogen-bond acceptors (Lipinski definition) is 4. The summed E-state index contributed by atoms with van der Waals surface area (Å²) in [5.41, 5.74) is 6.30. The second-order valence-corrected chi connectivity index (χ2v) is 8.41. The van der Waals surface area contributed by atoms with Gasteiger partial charge in [-0.15, -0.1) is 0 Å². The van der Waals surface area contributed by atoms with Crippen molar-refractivity contribution in [3.8, 4) is 0 Å². The molecule has 0 bridgehead atoms. The second kappa shape index (κ2) is 9.88. The maximum Gasteiger partial charge on any atom is 0.234 e. The fourth-order valence-corrected chi connectivity index (χ4v) is 4.30. The number of carbonyl (C=O) groups excluding carboxylic acids is 1. The highest BCUT2D eigenvalue weighted by atomic mass is 16.2. The lowest BCUT2D eigenvalue weighted by Crippen LogP contribution is -2.37. The third-order valence-corrected chi connectivity index (χ3v) is 5.73.